The van der Waals surface area contributed by atoms with Crippen molar-refractivity contribution in [2.75, 3.05) is 4.72 Å². The summed E-state index contributed by atoms with van der Waals surface area (Å²) in [5, 5.41) is 11.6. The Bertz CT molecular complexity index is 820. The van der Waals surface area contributed by atoms with Gasteiger partial charge in [-0.25, -0.2) is 8.42 Å². The number of benzene rings is 2. The second kappa shape index (κ2) is 6.35. The Morgan fingerprint density at radius 1 is 1.14 bits per heavy atom. The van der Waals surface area contributed by atoms with Crippen LogP contribution in [0.5, 0.6) is 0 Å². The van der Waals surface area contributed by atoms with Crippen LogP contribution in [0.1, 0.15) is 5.56 Å². The number of nitrogens with zero attached hydrogens (tertiary/aromatic N) is 1. The SMILES string of the molecule is O=[N+]([O-])c1cc(NS(=O)(=O)/C=C/c2ccccc2)ccc1F. The minimum absolute atomic E-state index is 0.0918. The molecule has 2 aromatic carbocycles. The summed E-state index contributed by atoms with van der Waals surface area (Å²) in [6, 6.07) is 11.5. The third kappa shape index (κ3) is 4.13. The van der Waals surface area contributed by atoms with Crippen LogP contribution in [-0.2, 0) is 10.0 Å². The van der Waals surface area contributed by atoms with Gasteiger partial charge in [0.05, 0.1) is 16.0 Å². The van der Waals surface area contributed by atoms with E-state index in [1.54, 1.807) is 30.3 Å². The number of nitro benzene ring substituents is 1. The summed E-state index contributed by atoms with van der Waals surface area (Å²) in [6.07, 6.45) is 1.38. The first-order chi connectivity index (χ1) is 10.4. The molecular weight excluding hydrogens is 311 g/mol. The second-order valence-corrected chi connectivity index (χ2v) is 5.85. The van der Waals surface area contributed by atoms with Gasteiger partial charge in [0.25, 0.3) is 10.0 Å². The molecule has 0 amide bonds. The lowest BCUT2D eigenvalue weighted by atomic mass is 10.2. The van der Waals surface area contributed by atoms with Gasteiger partial charge in [-0.2, -0.15) is 4.39 Å². The monoisotopic (exact) mass is 322 g/mol. The molecule has 0 saturated heterocycles. The molecule has 2 aromatic rings. The summed E-state index contributed by atoms with van der Waals surface area (Å²) in [5.74, 6) is -1.03. The van der Waals surface area contributed by atoms with Crippen molar-refractivity contribution in [2.45, 2.75) is 0 Å². The maximum absolute atomic E-state index is 13.2. The first-order valence-electron chi connectivity index (χ1n) is 6.07. The van der Waals surface area contributed by atoms with Crippen LogP contribution >= 0.6 is 0 Å². The number of hydrogen-bond acceptors (Lipinski definition) is 4. The van der Waals surface area contributed by atoms with Crippen LogP contribution in [0.3, 0.4) is 0 Å². The van der Waals surface area contributed by atoms with Crippen LogP contribution < -0.4 is 4.72 Å². The van der Waals surface area contributed by atoms with E-state index in [9.17, 15) is 22.9 Å². The Kier molecular flexibility index (Phi) is 4.52. The molecule has 0 atom stereocenters. The minimum atomic E-state index is -3.86. The molecule has 0 fully saturated rings. The summed E-state index contributed by atoms with van der Waals surface area (Å²) in [7, 11) is -3.86. The minimum Gasteiger partial charge on any atom is -0.280 e. The molecule has 0 aromatic heterocycles. The molecule has 0 radical (unpaired) electrons. The van der Waals surface area contributed by atoms with E-state index in [-0.39, 0.29) is 5.69 Å². The summed E-state index contributed by atoms with van der Waals surface area (Å²) >= 11 is 0. The summed E-state index contributed by atoms with van der Waals surface area (Å²) in [4.78, 5) is 9.70. The van der Waals surface area contributed by atoms with Gasteiger partial charge >= 0.3 is 5.69 Å². The van der Waals surface area contributed by atoms with Gasteiger partial charge in [-0.3, -0.25) is 14.8 Å². The molecule has 0 unspecified atom stereocenters. The Morgan fingerprint density at radius 2 is 1.82 bits per heavy atom. The maximum atomic E-state index is 13.2. The summed E-state index contributed by atoms with van der Waals surface area (Å²) in [6.45, 7) is 0. The van der Waals surface area contributed by atoms with Crippen molar-refractivity contribution in [3.63, 3.8) is 0 Å². The zero-order valence-corrected chi connectivity index (χ0v) is 12.0. The molecule has 0 saturated carbocycles. The van der Waals surface area contributed by atoms with Crippen LogP contribution in [-0.4, -0.2) is 13.3 Å². The van der Waals surface area contributed by atoms with Crippen LogP contribution in [0.4, 0.5) is 15.8 Å². The quantitative estimate of drug-likeness (QED) is 0.676. The van der Waals surface area contributed by atoms with E-state index in [0.717, 1.165) is 23.6 Å². The van der Waals surface area contributed by atoms with Crippen LogP contribution in [0, 0.1) is 15.9 Å². The molecule has 2 rings (SSSR count). The van der Waals surface area contributed by atoms with Gasteiger partial charge in [0, 0.05) is 6.07 Å². The highest BCUT2D eigenvalue weighted by atomic mass is 32.2. The average molecular weight is 322 g/mol. The van der Waals surface area contributed by atoms with E-state index in [4.69, 9.17) is 0 Å². The molecule has 0 bridgehead atoms. The Hall–Kier alpha value is -2.74. The highest BCUT2D eigenvalue weighted by Crippen LogP contribution is 2.22. The summed E-state index contributed by atoms with van der Waals surface area (Å²) in [5.41, 5.74) is -0.212. The number of sulfonamides is 1. The maximum Gasteiger partial charge on any atom is 0.306 e. The standard InChI is InChI=1S/C14H11FN2O4S/c15-13-7-6-12(10-14(13)17(18)19)16-22(20,21)9-8-11-4-2-1-3-5-11/h1-10,16H/b9-8+. The number of nitrogens with one attached hydrogen (secondary N) is 1. The van der Waals surface area contributed by atoms with Crippen molar-refractivity contribution in [1.82, 2.24) is 0 Å². The highest BCUT2D eigenvalue weighted by molar-refractivity contribution is 7.95. The zero-order chi connectivity index (χ0) is 16.2. The van der Waals surface area contributed by atoms with Gasteiger partial charge in [-0.1, -0.05) is 30.3 Å². The van der Waals surface area contributed by atoms with E-state index < -0.39 is 26.5 Å². The first kappa shape index (κ1) is 15.6. The number of nitro groups is 1. The van der Waals surface area contributed by atoms with Gasteiger partial charge in [-0.15, -0.1) is 0 Å². The van der Waals surface area contributed by atoms with Crippen molar-refractivity contribution in [1.29, 1.82) is 0 Å². The molecular formula is C14H11FN2O4S. The lowest BCUT2D eigenvalue weighted by Crippen LogP contribution is -2.09. The fourth-order valence-electron chi connectivity index (χ4n) is 1.65. The normalized spacial score (nSPS) is 11.5. The zero-order valence-electron chi connectivity index (χ0n) is 11.1. The van der Waals surface area contributed by atoms with Gasteiger partial charge in [-0.05, 0) is 23.8 Å². The Labute approximate surface area is 126 Å². The van der Waals surface area contributed by atoms with Gasteiger partial charge in [0.15, 0.2) is 0 Å². The number of rotatable bonds is 5. The summed E-state index contributed by atoms with van der Waals surface area (Å²) < 4.78 is 39.1. The van der Waals surface area contributed by atoms with Crippen molar-refractivity contribution >= 4 is 27.5 Å². The predicted molar refractivity (Wildman–Crippen MR) is 81.1 cm³/mol. The van der Waals surface area contributed by atoms with Crippen LogP contribution in [0.15, 0.2) is 53.9 Å². The van der Waals surface area contributed by atoms with Crippen LogP contribution in [0.25, 0.3) is 6.08 Å². The topological polar surface area (TPSA) is 89.3 Å². The van der Waals surface area contributed by atoms with Crippen molar-refractivity contribution in [3.05, 3.63) is 75.4 Å². The molecule has 8 heteroatoms. The smallest absolute Gasteiger partial charge is 0.280 e. The molecule has 0 heterocycles. The Balaban J connectivity index is 2.20. The second-order valence-electron chi connectivity index (χ2n) is 4.28. The van der Waals surface area contributed by atoms with E-state index in [1.165, 1.54) is 6.08 Å². The lowest BCUT2D eigenvalue weighted by molar-refractivity contribution is -0.387. The van der Waals surface area contributed by atoms with Crippen LogP contribution in [0.2, 0.25) is 0 Å². The molecule has 22 heavy (non-hydrogen) atoms. The average Bonchev–Trinajstić information content (AvgIpc) is 2.48. The molecule has 0 aliphatic carbocycles. The van der Waals surface area contributed by atoms with Crippen molar-refractivity contribution in [2.24, 2.45) is 0 Å². The van der Waals surface area contributed by atoms with E-state index >= 15 is 0 Å². The first-order valence-corrected chi connectivity index (χ1v) is 7.62. The van der Waals surface area contributed by atoms with Gasteiger partial charge < -0.3 is 0 Å². The van der Waals surface area contributed by atoms with Crippen molar-refractivity contribution < 1.29 is 17.7 Å². The number of hydrogen-bond donors (Lipinski definition) is 1. The molecule has 0 aliphatic rings. The van der Waals surface area contributed by atoms with Crippen molar-refractivity contribution in [3.8, 4) is 0 Å². The third-order valence-corrected chi connectivity index (χ3v) is 3.66. The predicted octanol–water partition coefficient (Wildman–Crippen LogP) is 3.15. The van der Waals surface area contributed by atoms with E-state index in [2.05, 4.69) is 4.72 Å². The largest absolute Gasteiger partial charge is 0.306 e. The fourth-order valence-corrected chi connectivity index (χ4v) is 2.51. The molecule has 114 valence electrons. The Morgan fingerprint density at radius 3 is 2.45 bits per heavy atom. The highest BCUT2D eigenvalue weighted by Gasteiger charge is 2.16. The number of anilines is 1. The van der Waals surface area contributed by atoms with Gasteiger partial charge in [0.1, 0.15) is 0 Å². The lowest BCUT2D eigenvalue weighted by Gasteiger charge is -2.04. The third-order valence-electron chi connectivity index (χ3n) is 2.64. The molecule has 6 nitrogen and oxygen atoms in total. The fraction of sp³-hybridized carbons (Fsp3) is 0. The van der Waals surface area contributed by atoms with E-state index in [1.807, 2.05) is 0 Å². The molecule has 1 N–H and O–H groups in total. The number of halogens is 1. The van der Waals surface area contributed by atoms with Gasteiger partial charge in [0.2, 0.25) is 5.82 Å². The molecule has 0 spiro atoms. The van der Waals surface area contributed by atoms with E-state index in [0.29, 0.717) is 5.56 Å². The molecule has 0 aliphatic heterocycles.